The van der Waals surface area contributed by atoms with Crippen LogP contribution in [0.2, 0.25) is 0 Å². The Balaban J connectivity index is 2.00. The molecule has 0 bridgehead atoms. The highest BCUT2D eigenvalue weighted by Crippen LogP contribution is 2.31. The molecule has 3 rings (SSSR count). The number of imidazole rings is 1. The van der Waals surface area contributed by atoms with Crippen LogP contribution in [-0.2, 0) is 10.0 Å². The van der Waals surface area contributed by atoms with E-state index in [0.717, 1.165) is 30.0 Å². The van der Waals surface area contributed by atoms with E-state index in [1.165, 1.54) is 0 Å². The fourth-order valence-electron chi connectivity index (χ4n) is 2.63. The van der Waals surface area contributed by atoms with Crippen LogP contribution in [0.15, 0.2) is 29.6 Å². The molecule has 0 fully saturated rings. The molecule has 0 aliphatic rings. The summed E-state index contributed by atoms with van der Waals surface area (Å²) < 4.78 is 106. The third-order valence-corrected chi connectivity index (χ3v) is 5.25. The quantitative estimate of drug-likeness (QED) is 0.451. The number of nitrogens with one attached hydrogen (secondary N) is 1. The van der Waals surface area contributed by atoms with Gasteiger partial charge in [0, 0.05) is 12.3 Å². The second-order valence-electron chi connectivity index (χ2n) is 5.98. The lowest BCUT2D eigenvalue weighted by atomic mass is 10.2. The molecule has 10 nitrogen and oxygen atoms in total. The lowest BCUT2D eigenvalue weighted by Gasteiger charge is -2.13. The van der Waals surface area contributed by atoms with Gasteiger partial charge in [0.25, 0.3) is 22.3 Å². The van der Waals surface area contributed by atoms with E-state index in [0.29, 0.717) is 6.07 Å². The highest BCUT2D eigenvalue weighted by molar-refractivity contribution is 7.92. The minimum atomic E-state index is -4.54. The zero-order chi connectivity index (χ0) is 24.3. The molecule has 0 saturated heterocycles. The maximum absolute atomic E-state index is 14.2. The van der Waals surface area contributed by atoms with Gasteiger partial charge in [0.2, 0.25) is 5.88 Å². The maximum Gasteiger partial charge on any atom is 0.387 e. The Hall–Kier alpha value is -3.87. The molecule has 0 radical (unpaired) electrons. The van der Waals surface area contributed by atoms with Crippen LogP contribution < -0.4 is 18.9 Å². The topological polar surface area (TPSA) is 128 Å². The number of nitriles is 1. The van der Waals surface area contributed by atoms with E-state index in [2.05, 4.69) is 19.4 Å². The van der Waals surface area contributed by atoms with Crippen LogP contribution in [-0.4, -0.2) is 49.5 Å². The average Bonchev–Trinajstić information content (AvgIpc) is 3.17. The Bertz CT molecular complexity index is 1330. The first kappa shape index (κ1) is 23.8. The maximum atomic E-state index is 14.2. The number of ether oxygens (including phenoxy) is 3. The van der Waals surface area contributed by atoms with E-state index >= 15 is 0 Å². The number of fused-ring (bicyclic) bond motifs is 1. The minimum absolute atomic E-state index is 0.303. The molecule has 0 aliphatic heterocycles. The standard InChI is InChI=1S/C17H12F5N5O5S/c1-30-16-10(4-9(18)15(25-16)31-7-12(19)20)26-33(28,29)13-6-24-14-8(5-23)11(32-17(21)22)2-3-27(13)14/h2-4,6,12,17,26H,7H2,1H3. The van der Waals surface area contributed by atoms with E-state index in [1.54, 1.807) is 6.07 Å². The van der Waals surface area contributed by atoms with E-state index in [-0.39, 0.29) is 5.65 Å². The molecular weight excluding hydrogens is 481 g/mol. The van der Waals surface area contributed by atoms with Crippen LogP contribution >= 0.6 is 0 Å². The van der Waals surface area contributed by atoms with Crippen LogP contribution in [0, 0.1) is 17.1 Å². The summed E-state index contributed by atoms with van der Waals surface area (Å²) in [7, 11) is -3.48. The third kappa shape index (κ3) is 4.98. The second-order valence-corrected chi connectivity index (χ2v) is 7.60. The van der Waals surface area contributed by atoms with Crippen molar-refractivity contribution < 1.29 is 44.6 Å². The number of anilines is 1. The molecule has 3 aromatic heterocycles. The van der Waals surface area contributed by atoms with Gasteiger partial charge < -0.3 is 14.2 Å². The smallest absolute Gasteiger partial charge is 0.387 e. The number of aromatic nitrogens is 3. The Morgan fingerprint density at radius 1 is 1.27 bits per heavy atom. The lowest BCUT2D eigenvalue weighted by Crippen LogP contribution is -2.17. The van der Waals surface area contributed by atoms with Crippen molar-refractivity contribution in [3.05, 3.63) is 35.9 Å². The largest absolute Gasteiger partial charge is 0.479 e. The summed E-state index contributed by atoms with van der Waals surface area (Å²) in [5.74, 6) is -3.11. The first-order valence-corrected chi connectivity index (χ1v) is 10.1. The first-order chi connectivity index (χ1) is 15.6. The Labute approximate surface area is 182 Å². The van der Waals surface area contributed by atoms with E-state index in [9.17, 15) is 35.6 Å². The van der Waals surface area contributed by atoms with Gasteiger partial charge in [-0.2, -0.15) is 27.4 Å². The summed E-state index contributed by atoms with van der Waals surface area (Å²) in [4.78, 5) is 7.29. The number of nitrogens with zero attached hydrogens (tertiary/aromatic N) is 4. The zero-order valence-electron chi connectivity index (χ0n) is 16.3. The second kappa shape index (κ2) is 9.32. The average molecular weight is 493 g/mol. The fraction of sp³-hybridized carbons (Fsp3) is 0.235. The SMILES string of the molecule is COc1nc(OCC(F)F)c(F)cc1NS(=O)(=O)c1cnc2c(C#N)c(OC(F)F)ccn12. The van der Waals surface area contributed by atoms with Crippen molar-refractivity contribution in [3.8, 4) is 23.6 Å². The van der Waals surface area contributed by atoms with Crippen LogP contribution in [0.5, 0.6) is 17.5 Å². The Morgan fingerprint density at radius 2 is 2.00 bits per heavy atom. The lowest BCUT2D eigenvalue weighted by molar-refractivity contribution is -0.0500. The normalized spacial score (nSPS) is 11.6. The van der Waals surface area contributed by atoms with Crippen LogP contribution in [0.4, 0.5) is 27.6 Å². The van der Waals surface area contributed by atoms with Crippen molar-refractivity contribution in [2.45, 2.75) is 18.1 Å². The summed E-state index contributed by atoms with van der Waals surface area (Å²) in [6.45, 7) is -4.39. The molecule has 0 amide bonds. The summed E-state index contributed by atoms with van der Waals surface area (Å²) in [6.07, 6.45) is -1.07. The molecule has 1 N–H and O–H groups in total. The summed E-state index contributed by atoms with van der Waals surface area (Å²) in [6, 6.07) is 3.15. The summed E-state index contributed by atoms with van der Waals surface area (Å²) in [5, 5.41) is 8.70. The molecule has 0 spiro atoms. The Kier molecular flexibility index (Phi) is 6.72. The molecule has 0 atom stereocenters. The van der Waals surface area contributed by atoms with E-state index in [4.69, 9.17) is 4.74 Å². The number of alkyl halides is 4. The number of pyridine rings is 2. The minimum Gasteiger partial charge on any atom is -0.479 e. The van der Waals surface area contributed by atoms with Crippen LogP contribution in [0.3, 0.4) is 0 Å². The Morgan fingerprint density at radius 3 is 2.61 bits per heavy atom. The van der Waals surface area contributed by atoms with Crippen molar-refractivity contribution in [2.24, 2.45) is 0 Å². The van der Waals surface area contributed by atoms with Crippen LogP contribution in [0.1, 0.15) is 5.56 Å². The molecular formula is C17H12F5N5O5S. The number of sulfonamides is 1. The number of rotatable bonds is 9. The van der Waals surface area contributed by atoms with E-state index in [1.807, 2.05) is 4.72 Å². The molecule has 176 valence electrons. The van der Waals surface area contributed by atoms with Gasteiger partial charge in [-0.1, -0.05) is 0 Å². The van der Waals surface area contributed by atoms with Crippen molar-refractivity contribution in [1.82, 2.24) is 14.4 Å². The van der Waals surface area contributed by atoms with Crippen LogP contribution in [0.25, 0.3) is 5.65 Å². The van der Waals surface area contributed by atoms with Gasteiger partial charge >= 0.3 is 6.61 Å². The monoisotopic (exact) mass is 493 g/mol. The van der Waals surface area contributed by atoms with Crippen molar-refractivity contribution in [3.63, 3.8) is 0 Å². The highest BCUT2D eigenvalue weighted by Gasteiger charge is 2.26. The fourth-order valence-corrected chi connectivity index (χ4v) is 3.77. The van der Waals surface area contributed by atoms with Gasteiger partial charge in [0.1, 0.15) is 23.1 Å². The number of methoxy groups -OCH3 is 1. The van der Waals surface area contributed by atoms with Gasteiger partial charge in [-0.25, -0.2) is 18.2 Å². The highest BCUT2D eigenvalue weighted by atomic mass is 32.2. The van der Waals surface area contributed by atoms with Crippen molar-refractivity contribution in [1.29, 1.82) is 5.26 Å². The zero-order valence-corrected chi connectivity index (χ0v) is 17.1. The molecule has 3 heterocycles. The van der Waals surface area contributed by atoms with Crippen molar-refractivity contribution >= 4 is 21.4 Å². The predicted molar refractivity (Wildman–Crippen MR) is 99.6 cm³/mol. The third-order valence-electron chi connectivity index (χ3n) is 3.90. The summed E-state index contributed by atoms with van der Waals surface area (Å²) >= 11 is 0. The van der Waals surface area contributed by atoms with Gasteiger partial charge in [0.15, 0.2) is 23.1 Å². The molecule has 16 heteroatoms. The molecule has 0 aromatic carbocycles. The number of halogens is 5. The molecule has 3 aromatic rings. The number of hydrogen-bond acceptors (Lipinski definition) is 8. The van der Waals surface area contributed by atoms with Gasteiger partial charge in [-0.3, -0.25) is 9.12 Å². The van der Waals surface area contributed by atoms with Gasteiger partial charge in [-0.05, 0) is 6.07 Å². The van der Waals surface area contributed by atoms with Gasteiger partial charge in [-0.15, -0.1) is 0 Å². The first-order valence-electron chi connectivity index (χ1n) is 8.60. The van der Waals surface area contributed by atoms with E-state index < -0.39 is 69.3 Å². The molecule has 0 saturated carbocycles. The predicted octanol–water partition coefficient (Wildman–Crippen LogP) is 2.79. The molecule has 0 aliphatic carbocycles. The number of hydrogen-bond donors (Lipinski definition) is 1. The molecule has 0 unspecified atom stereocenters. The van der Waals surface area contributed by atoms with Crippen molar-refractivity contribution in [2.75, 3.05) is 18.4 Å². The molecule has 33 heavy (non-hydrogen) atoms. The summed E-state index contributed by atoms with van der Waals surface area (Å²) in [5.41, 5.74) is -1.26. The van der Waals surface area contributed by atoms with Gasteiger partial charge in [0.05, 0.1) is 13.3 Å².